The maximum absolute atomic E-state index is 13.7. The van der Waals surface area contributed by atoms with E-state index >= 15 is 0 Å². The van der Waals surface area contributed by atoms with Gasteiger partial charge in [0.2, 0.25) is 0 Å². The van der Waals surface area contributed by atoms with E-state index < -0.39 is 23.7 Å². The summed E-state index contributed by atoms with van der Waals surface area (Å²) in [6.07, 6.45) is 1.70. The Bertz CT molecular complexity index is 1010. The molecule has 1 heterocycles. The van der Waals surface area contributed by atoms with Crippen LogP contribution in [0, 0.1) is 31.0 Å². The monoisotopic (exact) mass is 407 g/mol. The van der Waals surface area contributed by atoms with E-state index in [0.717, 1.165) is 23.9 Å². The van der Waals surface area contributed by atoms with Gasteiger partial charge in [0.25, 0.3) is 0 Å². The molecule has 0 amide bonds. The zero-order chi connectivity index (χ0) is 21.9. The molecular weight excluding hydrogens is 380 g/mol. The average Bonchev–Trinajstić information content (AvgIpc) is 3.41. The molecule has 0 radical (unpaired) electrons. The Labute approximate surface area is 178 Å². The highest BCUT2D eigenvalue weighted by atomic mass is 19.1. The lowest BCUT2D eigenvalue weighted by Gasteiger charge is -2.32. The number of hydrogen-bond donors (Lipinski definition) is 0. The number of halogens is 1. The van der Waals surface area contributed by atoms with Crippen LogP contribution in [0.1, 0.15) is 57.2 Å². The van der Waals surface area contributed by atoms with Crippen LogP contribution in [0.2, 0.25) is 0 Å². The molecule has 1 saturated carbocycles. The van der Waals surface area contributed by atoms with Crippen molar-refractivity contribution in [3.8, 4) is 17.6 Å². The summed E-state index contributed by atoms with van der Waals surface area (Å²) in [6.45, 7) is 11.7. The Morgan fingerprint density at radius 3 is 2.07 bits per heavy atom. The summed E-state index contributed by atoms with van der Waals surface area (Å²) in [6, 6.07) is 11.1. The third-order valence-electron chi connectivity index (χ3n) is 6.67. The second kappa shape index (κ2) is 6.83. The van der Waals surface area contributed by atoms with Crippen LogP contribution in [-0.2, 0) is 14.7 Å². The fourth-order valence-electron chi connectivity index (χ4n) is 3.85. The van der Waals surface area contributed by atoms with Crippen LogP contribution in [0.4, 0.5) is 4.39 Å². The Morgan fingerprint density at radius 1 is 1.00 bits per heavy atom. The van der Waals surface area contributed by atoms with Gasteiger partial charge in [-0.2, -0.15) is 5.26 Å². The number of nitrogens with zero attached hydrogens (tertiary/aromatic N) is 1. The highest BCUT2D eigenvalue weighted by Crippen LogP contribution is 2.48. The zero-order valence-electron chi connectivity index (χ0n) is 18.4. The molecule has 2 aromatic carbocycles. The van der Waals surface area contributed by atoms with Crippen molar-refractivity contribution < 1.29 is 18.4 Å². The number of benzene rings is 2. The minimum atomic E-state index is -0.625. The molecule has 0 spiro atoms. The average molecular weight is 407 g/mol. The van der Waals surface area contributed by atoms with Gasteiger partial charge >= 0.3 is 7.12 Å². The van der Waals surface area contributed by atoms with Gasteiger partial charge in [-0.1, -0.05) is 12.1 Å². The van der Waals surface area contributed by atoms with E-state index in [0.29, 0.717) is 22.6 Å². The molecular formula is C24H27BFNO3. The van der Waals surface area contributed by atoms with Gasteiger partial charge in [-0.05, 0) is 89.3 Å². The third kappa shape index (κ3) is 3.40. The van der Waals surface area contributed by atoms with E-state index in [1.807, 2.05) is 59.7 Å². The van der Waals surface area contributed by atoms with Crippen molar-refractivity contribution in [3.63, 3.8) is 0 Å². The molecule has 2 aliphatic rings. The van der Waals surface area contributed by atoms with Crippen molar-refractivity contribution in [1.82, 2.24) is 0 Å². The molecule has 1 aliphatic heterocycles. The smallest absolute Gasteiger partial charge is 0.457 e. The predicted octanol–water partition coefficient (Wildman–Crippen LogP) is 5.09. The fraction of sp³-hybridized carbons (Fsp3) is 0.458. The summed E-state index contributed by atoms with van der Waals surface area (Å²) < 4.78 is 32.6. The molecule has 0 aromatic heterocycles. The summed E-state index contributed by atoms with van der Waals surface area (Å²) in [5, 5.41) is 9.66. The molecule has 2 fully saturated rings. The maximum Gasteiger partial charge on any atom is 0.498 e. The summed E-state index contributed by atoms with van der Waals surface area (Å²) >= 11 is 0. The highest BCUT2D eigenvalue weighted by molar-refractivity contribution is 6.63. The van der Waals surface area contributed by atoms with E-state index in [1.54, 1.807) is 0 Å². The Balaban J connectivity index is 1.79. The lowest BCUT2D eigenvalue weighted by atomic mass is 9.76. The number of aryl methyl sites for hydroxylation is 2. The van der Waals surface area contributed by atoms with Crippen LogP contribution in [0.15, 0.2) is 30.3 Å². The third-order valence-corrected chi connectivity index (χ3v) is 6.67. The molecule has 30 heavy (non-hydrogen) atoms. The molecule has 0 bridgehead atoms. The summed E-state index contributed by atoms with van der Waals surface area (Å²) in [5.41, 5.74) is 1.70. The van der Waals surface area contributed by atoms with E-state index in [2.05, 4.69) is 6.07 Å². The van der Waals surface area contributed by atoms with Crippen LogP contribution in [-0.4, -0.2) is 18.3 Å². The topological polar surface area (TPSA) is 51.5 Å². The number of hydrogen-bond acceptors (Lipinski definition) is 4. The van der Waals surface area contributed by atoms with E-state index in [4.69, 9.17) is 14.0 Å². The fourth-order valence-corrected chi connectivity index (χ4v) is 3.85. The first-order valence-corrected chi connectivity index (χ1v) is 10.3. The van der Waals surface area contributed by atoms with Crippen molar-refractivity contribution in [2.75, 3.05) is 0 Å². The van der Waals surface area contributed by atoms with E-state index in [1.165, 1.54) is 12.1 Å². The van der Waals surface area contributed by atoms with Crippen molar-refractivity contribution in [2.45, 2.75) is 71.0 Å². The van der Waals surface area contributed by atoms with Gasteiger partial charge in [0.05, 0.1) is 22.7 Å². The van der Waals surface area contributed by atoms with Gasteiger partial charge in [0.15, 0.2) is 0 Å². The standard InChI is InChI=1S/C24H27BFNO3/c1-15-11-18(26)12-16(2)21(15)28-20-8-7-17(24(14-27)9-10-24)13-19(20)25-29-22(3,4)23(5,6)30-25/h7-8,11-13H,9-10H2,1-6H3. The van der Waals surface area contributed by atoms with Crippen LogP contribution in [0.5, 0.6) is 11.5 Å². The van der Waals surface area contributed by atoms with Crippen LogP contribution in [0.3, 0.4) is 0 Å². The molecule has 4 nitrogen and oxygen atoms in total. The second-order valence-corrected chi connectivity index (χ2v) is 9.51. The van der Waals surface area contributed by atoms with Gasteiger partial charge in [0, 0.05) is 5.46 Å². The zero-order valence-corrected chi connectivity index (χ0v) is 18.4. The molecule has 1 aliphatic carbocycles. The van der Waals surface area contributed by atoms with Crippen LogP contribution >= 0.6 is 0 Å². The predicted molar refractivity (Wildman–Crippen MR) is 115 cm³/mol. The van der Waals surface area contributed by atoms with Crippen LogP contribution in [0.25, 0.3) is 0 Å². The van der Waals surface area contributed by atoms with E-state index in [9.17, 15) is 9.65 Å². The lowest BCUT2D eigenvalue weighted by Crippen LogP contribution is -2.41. The van der Waals surface area contributed by atoms with Crippen molar-refractivity contribution in [2.24, 2.45) is 0 Å². The van der Waals surface area contributed by atoms with Crippen LogP contribution < -0.4 is 10.2 Å². The summed E-state index contributed by atoms with van der Waals surface area (Å²) in [5.74, 6) is 0.913. The first kappa shape index (κ1) is 20.9. The quantitative estimate of drug-likeness (QED) is 0.663. The molecule has 4 rings (SSSR count). The van der Waals surface area contributed by atoms with Gasteiger partial charge < -0.3 is 14.0 Å². The molecule has 0 unspecified atom stereocenters. The van der Waals surface area contributed by atoms with Gasteiger partial charge in [-0.15, -0.1) is 0 Å². The Hall–Kier alpha value is -2.36. The summed E-state index contributed by atoms with van der Waals surface area (Å²) in [4.78, 5) is 0. The first-order valence-electron chi connectivity index (χ1n) is 10.3. The van der Waals surface area contributed by atoms with Crippen molar-refractivity contribution >= 4 is 12.6 Å². The number of rotatable bonds is 4. The largest absolute Gasteiger partial charge is 0.498 e. The van der Waals surface area contributed by atoms with Crippen molar-refractivity contribution in [1.29, 1.82) is 5.26 Å². The molecule has 0 N–H and O–H groups in total. The van der Waals surface area contributed by atoms with Gasteiger partial charge in [-0.25, -0.2) is 4.39 Å². The molecule has 1 saturated heterocycles. The number of nitriles is 1. The second-order valence-electron chi connectivity index (χ2n) is 9.51. The first-order chi connectivity index (χ1) is 14.0. The Morgan fingerprint density at radius 2 is 1.57 bits per heavy atom. The molecule has 2 aromatic rings. The van der Waals surface area contributed by atoms with Crippen molar-refractivity contribution in [3.05, 3.63) is 52.8 Å². The lowest BCUT2D eigenvalue weighted by molar-refractivity contribution is 0.00578. The normalized spacial score (nSPS) is 20.7. The number of ether oxygens (including phenoxy) is 1. The van der Waals surface area contributed by atoms with Gasteiger partial charge in [-0.3, -0.25) is 0 Å². The van der Waals surface area contributed by atoms with Gasteiger partial charge in [0.1, 0.15) is 17.3 Å². The minimum absolute atomic E-state index is 0.288. The molecule has 6 heteroatoms. The minimum Gasteiger partial charge on any atom is -0.457 e. The summed E-state index contributed by atoms with van der Waals surface area (Å²) in [7, 11) is -0.625. The highest BCUT2D eigenvalue weighted by Gasteiger charge is 2.53. The Kier molecular flexibility index (Phi) is 4.76. The van der Waals surface area contributed by atoms with E-state index in [-0.39, 0.29) is 5.82 Å². The maximum atomic E-state index is 13.7. The SMILES string of the molecule is Cc1cc(F)cc(C)c1Oc1ccc(C2(C#N)CC2)cc1B1OC(C)(C)C(C)(C)O1. The molecule has 0 atom stereocenters. The molecule has 156 valence electrons.